The number of hydrogen-bond acceptors (Lipinski definition) is 4. The van der Waals surface area contributed by atoms with Crippen LogP contribution < -0.4 is 5.32 Å². The summed E-state index contributed by atoms with van der Waals surface area (Å²) in [5.41, 5.74) is -0.0694. The second kappa shape index (κ2) is 3.77. The molecule has 1 rings (SSSR count). The molecule has 0 aliphatic carbocycles. The quantitative estimate of drug-likeness (QED) is 0.626. The van der Waals surface area contributed by atoms with Crippen LogP contribution in [0.25, 0.3) is 0 Å². The molecule has 4 nitrogen and oxygen atoms in total. The SMILES string of the molecule is C=CN(N(C)C)C1(CC#N)CNC1. The van der Waals surface area contributed by atoms with Crippen molar-refractivity contribution in [3.63, 3.8) is 0 Å². The summed E-state index contributed by atoms with van der Waals surface area (Å²) in [5.74, 6) is 0. The van der Waals surface area contributed by atoms with Crippen LogP contribution in [0.1, 0.15) is 6.42 Å². The van der Waals surface area contributed by atoms with Crippen molar-refractivity contribution in [1.29, 1.82) is 5.26 Å². The lowest BCUT2D eigenvalue weighted by molar-refractivity contribution is -0.0573. The first-order valence-corrected chi connectivity index (χ1v) is 4.33. The summed E-state index contributed by atoms with van der Waals surface area (Å²) in [4.78, 5) is 0. The molecule has 1 saturated heterocycles. The first-order valence-electron chi connectivity index (χ1n) is 4.33. The van der Waals surface area contributed by atoms with Crippen LogP contribution in [0, 0.1) is 11.3 Å². The standard InChI is InChI=1S/C9H16N4/c1-4-13(12(2)3)9(5-6-10)7-11-8-9/h4,11H,1,5,7-8H2,2-3H3. The Kier molecular flexibility index (Phi) is 2.91. The number of hydrogen-bond donors (Lipinski definition) is 1. The molecule has 1 aliphatic heterocycles. The Bertz CT molecular complexity index is 224. The van der Waals surface area contributed by atoms with Crippen molar-refractivity contribution in [3.05, 3.63) is 12.8 Å². The summed E-state index contributed by atoms with van der Waals surface area (Å²) in [6, 6.07) is 2.22. The highest BCUT2D eigenvalue weighted by atomic mass is 15.6. The Morgan fingerprint density at radius 1 is 1.62 bits per heavy atom. The van der Waals surface area contributed by atoms with E-state index in [1.165, 1.54) is 0 Å². The second-order valence-electron chi connectivity index (χ2n) is 3.54. The zero-order chi connectivity index (χ0) is 9.90. The maximum absolute atomic E-state index is 8.74. The molecule has 1 aliphatic rings. The van der Waals surface area contributed by atoms with Gasteiger partial charge in [-0.3, -0.25) is 0 Å². The Labute approximate surface area is 79.4 Å². The molecule has 0 aromatic carbocycles. The van der Waals surface area contributed by atoms with Gasteiger partial charge in [0, 0.05) is 33.4 Å². The van der Waals surface area contributed by atoms with Crippen molar-refractivity contribution in [3.8, 4) is 6.07 Å². The van der Waals surface area contributed by atoms with E-state index in [2.05, 4.69) is 18.0 Å². The number of nitriles is 1. The van der Waals surface area contributed by atoms with Crippen LogP contribution >= 0.6 is 0 Å². The first kappa shape index (κ1) is 10.0. The highest BCUT2D eigenvalue weighted by Gasteiger charge is 2.42. The first-order chi connectivity index (χ1) is 6.16. The third-order valence-corrected chi connectivity index (χ3v) is 2.41. The molecule has 0 saturated carbocycles. The van der Waals surface area contributed by atoms with Gasteiger partial charge in [0.2, 0.25) is 0 Å². The van der Waals surface area contributed by atoms with Crippen LogP contribution in [-0.4, -0.2) is 42.7 Å². The van der Waals surface area contributed by atoms with Crippen LogP contribution in [0.15, 0.2) is 12.8 Å². The molecule has 0 spiro atoms. The van der Waals surface area contributed by atoms with Gasteiger partial charge < -0.3 is 10.3 Å². The molecule has 72 valence electrons. The van der Waals surface area contributed by atoms with Crippen LogP contribution in [0.5, 0.6) is 0 Å². The fraction of sp³-hybridized carbons (Fsp3) is 0.667. The normalized spacial score (nSPS) is 18.9. The van der Waals surface area contributed by atoms with Crippen molar-refractivity contribution in [1.82, 2.24) is 15.3 Å². The number of hydrazine groups is 1. The van der Waals surface area contributed by atoms with E-state index in [0.29, 0.717) is 6.42 Å². The Morgan fingerprint density at radius 3 is 2.46 bits per heavy atom. The van der Waals surface area contributed by atoms with E-state index in [4.69, 9.17) is 5.26 Å². The average Bonchev–Trinajstić information content (AvgIpc) is 2.00. The lowest BCUT2D eigenvalue weighted by atomic mass is 9.88. The lowest BCUT2D eigenvalue weighted by Crippen LogP contribution is -2.69. The maximum atomic E-state index is 8.74. The van der Waals surface area contributed by atoms with E-state index in [1.54, 1.807) is 6.20 Å². The minimum absolute atomic E-state index is 0.0694. The van der Waals surface area contributed by atoms with Crippen molar-refractivity contribution >= 4 is 0 Å². The zero-order valence-electron chi connectivity index (χ0n) is 8.25. The highest BCUT2D eigenvalue weighted by Crippen LogP contribution is 2.25. The summed E-state index contributed by atoms with van der Waals surface area (Å²) in [7, 11) is 3.91. The van der Waals surface area contributed by atoms with Gasteiger partial charge in [0.25, 0.3) is 0 Å². The summed E-state index contributed by atoms with van der Waals surface area (Å²) >= 11 is 0. The minimum Gasteiger partial charge on any atom is -0.312 e. The van der Waals surface area contributed by atoms with E-state index >= 15 is 0 Å². The third kappa shape index (κ3) is 1.67. The summed E-state index contributed by atoms with van der Waals surface area (Å²) in [5, 5.41) is 15.9. The van der Waals surface area contributed by atoms with Crippen LogP contribution in [-0.2, 0) is 0 Å². The average molecular weight is 180 g/mol. The number of nitrogens with zero attached hydrogens (tertiary/aromatic N) is 3. The molecule has 1 heterocycles. The molecular weight excluding hydrogens is 164 g/mol. The number of nitrogens with one attached hydrogen (secondary N) is 1. The Morgan fingerprint density at radius 2 is 2.23 bits per heavy atom. The molecule has 0 unspecified atom stereocenters. The van der Waals surface area contributed by atoms with Gasteiger partial charge in [-0.25, -0.2) is 5.01 Å². The molecule has 0 bridgehead atoms. The van der Waals surface area contributed by atoms with Crippen LogP contribution in [0.2, 0.25) is 0 Å². The Hall–Kier alpha value is -1.05. The molecule has 0 amide bonds. The van der Waals surface area contributed by atoms with Crippen molar-refractivity contribution in [2.75, 3.05) is 27.2 Å². The summed E-state index contributed by atoms with van der Waals surface area (Å²) in [6.45, 7) is 5.46. The molecule has 13 heavy (non-hydrogen) atoms. The number of rotatable bonds is 4. The van der Waals surface area contributed by atoms with Crippen molar-refractivity contribution in [2.24, 2.45) is 0 Å². The van der Waals surface area contributed by atoms with Crippen molar-refractivity contribution in [2.45, 2.75) is 12.0 Å². The van der Waals surface area contributed by atoms with Gasteiger partial charge in [-0.05, 0) is 0 Å². The van der Waals surface area contributed by atoms with Gasteiger partial charge >= 0.3 is 0 Å². The smallest absolute Gasteiger partial charge is 0.0935 e. The molecule has 0 radical (unpaired) electrons. The highest BCUT2D eigenvalue weighted by molar-refractivity contribution is 5.08. The molecule has 1 fully saturated rings. The minimum atomic E-state index is -0.0694. The van der Waals surface area contributed by atoms with Crippen LogP contribution in [0.3, 0.4) is 0 Å². The van der Waals surface area contributed by atoms with Gasteiger partial charge in [0.15, 0.2) is 0 Å². The maximum Gasteiger partial charge on any atom is 0.0935 e. The monoisotopic (exact) mass is 180 g/mol. The van der Waals surface area contributed by atoms with Crippen molar-refractivity contribution < 1.29 is 0 Å². The molecule has 0 atom stereocenters. The van der Waals surface area contributed by atoms with E-state index < -0.39 is 0 Å². The molecular formula is C9H16N4. The molecule has 1 N–H and O–H groups in total. The molecule has 4 heteroatoms. The Balaban J connectivity index is 2.74. The fourth-order valence-electron chi connectivity index (χ4n) is 1.71. The van der Waals surface area contributed by atoms with E-state index in [1.807, 2.05) is 24.1 Å². The topological polar surface area (TPSA) is 42.3 Å². The molecule has 0 aromatic heterocycles. The lowest BCUT2D eigenvalue weighted by Gasteiger charge is -2.51. The van der Waals surface area contributed by atoms with Gasteiger partial charge in [-0.2, -0.15) is 5.26 Å². The van der Waals surface area contributed by atoms with Gasteiger partial charge in [0.05, 0.1) is 18.0 Å². The third-order valence-electron chi connectivity index (χ3n) is 2.41. The predicted octanol–water partition coefficient (Wildman–Crippen LogP) is 0.164. The predicted molar refractivity (Wildman–Crippen MR) is 51.6 cm³/mol. The second-order valence-corrected chi connectivity index (χ2v) is 3.54. The van der Waals surface area contributed by atoms with Gasteiger partial charge in [0.1, 0.15) is 0 Å². The van der Waals surface area contributed by atoms with Gasteiger partial charge in [-0.15, -0.1) is 0 Å². The van der Waals surface area contributed by atoms with Gasteiger partial charge in [-0.1, -0.05) is 6.58 Å². The summed E-state index contributed by atoms with van der Waals surface area (Å²) in [6.07, 6.45) is 2.31. The van der Waals surface area contributed by atoms with E-state index in [0.717, 1.165) is 13.1 Å². The van der Waals surface area contributed by atoms with E-state index in [9.17, 15) is 0 Å². The fourth-order valence-corrected chi connectivity index (χ4v) is 1.71. The van der Waals surface area contributed by atoms with E-state index in [-0.39, 0.29) is 5.54 Å². The van der Waals surface area contributed by atoms with Crippen LogP contribution in [0.4, 0.5) is 0 Å². The summed E-state index contributed by atoms with van der Waals surface area (Å²) < 4.78 is 0. The molecule has 0 aromatic rings. The largest absolute Gasteiger partial charge is 0.312 e. The zero-order valence-corrected chi connectivity index (χ0v) is 8.25.